The van der Waals surface area contributed by atoms with E-state index in [1.54, 1.807) is 31.2 Å². The van der Waals surface area contributed by atoms with Gasteiger partial charge in [0.05, 0.1) is 5.54 Å². The molecule has 0 saturated carbocycles. The summed E-state index contributed by atoms with van der Waals surface area (Å²) in [5.74, 6) is -0.196. The zero-order chi connectivity index (χ0) is 19.3. The smallest absolute Gasteiger partial charge is 0.253 e. The number of nitrogens with two attached hydrogens (primary N) is 1. The lowest BCUT2D eigenvalue weighted by Crippen LogP contribution is -2.48. The van der Waals surface area contributed by atoms with E-state index in [-0.39, 0.29) is 30.3 Å². The van der Waals surface area contributed by atoms with E-state index in [9.17, 15) is 9.59 Å². The Morgan fingerprint density at radius 3 is 2.52 bits per heavy atom. The molecule has 0 spiro atoms. The molecule has 6 nitrogen and oxygen atoms in total. The van der Waals surface area contributed by atoms with E-state index in [1.165, 1.54) is 0 Å². The molecule has 152 valence electrons. The average molecular weight is 397 g/mol. The van der Waals surface area contributed by atoms with Crippen LogP contribution in [0.2, 0.25) is 0 Å². The molecule has 2 unspecified atom stereocenters. The van der Waals surface area contributed by atoms with Crippen molar-refractivity contribution in [2.24, 2.45) is 5.73 Å². The highest BCUT2D eigenvalue weighted by Crippen LogP contribution is 2.18. The number of amides is 2. The Kier molecular flexibility index (Phi) is 8.72. The van der Waals surface area contributed by atoms with E-state index in [2.05, 4.69) is 17.3 Å². The number of halogens is 1. The molecule has 3 N–H and O–H groups in total. The summed E-state index contributed by atoms with van der Waals surface area (Å²) in [6.45, 7) is 5.73. The lowest BCUT2D eigenvalue weighted by Gasteiger charge is -2.35. The quantitative estimate of drug-likeness (QED) is 0.774. The van der Waals surface area contributed by atoms with E-state index in [0.717, 1.165) is 32.4 Å². The minimum Gasteiger partial charge on any atom is -0.337 e. The first-order valence-electron chi connectivity index (χ1n) is 9.40. The average Bonchev–Trinajstić information content (AvgIpc) is 2.61. The summed E-state index contributed by atoms with van der Waals surface area (Å²) >= 11 is 0. The first-order chi connectivity index (χ1) is 12.2. The van der Waals surface area contributed by atoms with Gasteiger partial charge in [0.15, 0.2) is 0 Å². The summed E-state index contributed by atoms with van der Waals surface area (Å²) in [5, 5.41) is 2.84. The van der Waals surface area contributed by atoms with E-state index in [1.807, 2.05) is 18.9 Å². The minimum atomic E-state index is -0.892. The van der Waals surface area contributed by atoms with Gasteiger partial charge in [-0.05, 0) is 64.0 Å². The Labute approximate surface area is 168 Å². The number of likely N-dealkylation sites (tertiary alicyclic amines) is 1. The van der Waals surface area contributed by atoms with Crippen molar-refractivity contribution in [1.82, 2.24) is 9.80 Å². The highest BCUT2D eigenvalue weighted by molar-refractivity contribution is 5.98. The summed E-state index contributed by atoms with van der Waals surface area (Å²) in [5.41, 5.74) is 6.44. The van der Waals surface area contributed by atoms with Gasteiger partial charge < -0.3 is 20.9 Å². The van der Waals surface area contributed by atoms with Gasteiger partial charge in [-0.25, -0.2) is 0 Å². The number of rotatable bonds is 6. The number of benzene rings is 1. The number of carbonyl (C=O) groups excluding carboxylic acids is 2. The fourth-order valence-electron chi connectivity index (χ4n) is 3.43. The summed E-state index contributed by atoms with van der Waals surface area (Å²) < 4.78 is 0. The van der Waals surface area contributed by atoms with Gasteiger partial charge in [-0.1, -0.05) is 13.3 Å². The lowest BCUT2D eigenvalue weighted by molar-refractivity contribution is -0.120. The summed E-state index contributed by atoms with van der Waals surface area (Å²) in [6.07, 6.45) is 3.61. The standard InChI is InChI=1S/C20H32N4O2.ClH/c1-5-12-20(2,21)19(26)22-16-10-8-15(9-11-16)18(25)24(4)17-7-6-13-23(3)14-17;/h8-11,17H,5-7,12-14,21H2,1-4H3,(H,22,26);1H. The monoisotopic (exact) mass is 396 g/mol. The zero-order valence-electron chi connectivity index (χ0n) is 16.8. The van der Waals surface area contributed by atoms with E-state index in [0.29, 0.717) is 17.7 Å². The highest BCUT2D eigenvalue weighted by atomic mass is 35.5. The first kappa shape index (κ1) is 23.4. The second kappa shape index (κ2) is 10.1. The fraction of sp³-hybridized carbons (Fsp3) is 0.600. The summed E-state index contributed by atoms with van der Waals surface area (Å²) in [4.78, 5) is 29.1. The van der Waals surface area contributed by atoms with Crippen LogP contribution in [0.1, 0.15) is 49.9 Å². The lowest BCUT2D eigenvalue weighted by atomic mass is 9.96. The normalized spacial score (nSPS) is 19.5. The number of carbonyl (C=O) groups is 2. The Hall–Kier alpha value is -1.63. The maximum absolute atomic E-state index is 12.7. The molecular formula is C20H33ClN4O2. The van der Waals surface area contributed by atoms with Crippen LogP contribution in [0.5, 0.6) is 0 Å². The minimum absolute atomic E-state index is 0. The molecule has 1 heterocycles. The van der Waals surface area contributed by atoms with E-state index in [4.69, 9.17) is 5.73 Å². The van der Waals surface area contributed by atoms with Gasteiger partial charge in [0.25, 0.3) is 5.91 Å². The van der Waals surface area contributed by atoms with Crippen molar-refractivity contribution in [1.29, 1.82) is 0 Å². The Morgan fingerprint density at radius 1 is 1.33 bits per heavy atom. The van der Waals surface area contributed by atoms with Gasteiger partial charge in [-0.15, -0.1) is 12.4 Å². The predicted molar refractivity (Wildman–Crippen MR) is 112 cm³/mol. The summed E-state index contributed by atoms with van der Waals surface area (Å²) in [7, 11) is 3.96. The third-order valence-electron chi connectivity index (χ3n) is 5.15. The molecule has 0 radical (unpaired) electrons. The molecule has 0 bridgehead atoms. The van der Waals surface area contributed by atoms with Gasteiger partial charge in [-0.2, -0.15) is 0 Å². The number of piperidine rings is 1. The van der Waals surface area contributed by atoms with Crippen LogP contribution in [-0.4, -0.2) is 60.4 Å². The molecule has 1 fully saturated rings. The largest absolute Gasteiger partial charge is 0.337 e. The Bertz CT molecular complexity index is 633. The molecule has 7 heteroatoms. The van der Waals surface area contributed by atoms with Gasteiger partial charge in [0.2, 0.25) is 5.91 Å². The molecular weight excluding hydrogens is 364 g/mol. The molecule has 2 amide bonds. The first-order valence-corrected chi connectivity index (χ1v) is 9.40. The van der Waals surface area contributed by atoms with Gasteiger partial charge in [0.1, 0.15) is 0 Å². The maximum atomic E-state index is 12.7. The van der Waals surface area contributed by atoms with E-state index < -0.39 is 5.54 Å². The second-order valence-electron chi connectivity index (χ2n) is 7.67. The third kappa shape index (κ3) is 6.19. The van der Waals surface area contributed by atoms with Crippen molar-refractivity contribution in [2.45, 2.75) is 51.1 Å². The number of hydrogen-bond donors (Lipinski definition) is 2. The number of anilines is 1. The molecule has 0 aromatic heterocycles. The molecule has 2 rings (SSSR count). The van der Waals surface area contributed by atoms with Crippen molar-refractivity contribution in [3.63, 3.8) is 0 Å². The molecule has 27 heavy (non-hydrogen) atoms. The number of nitrogens with zero attached hydrogens (tertiary/aromatic N) is 2. The molecule has 1 aliphatic heterocycles. The number of hydrogen-bond acceptors (Lipinski definition) is 4. The van der Waals surface area contributed by atoms with E-state index >= 15 is 0 Å². The van der Waals surface area contributed by atoms with Crippen LogP contribution in [0.25, 0.3) is 0 Å². The molecule has 1 aliphatic rings. The Morgan fingerprint density at radius 2 is 1.96 bits per heavy atom. The SMILES string of the molecule is CCCC(C)(N)C(=O)Nc1ccc(C(=O)N(C)C2CCCN(C)C2)cc1.Cl. The van der Waals surface area contributed by atoms with Crippen molar-refractivity contribution in [3.05, 3.63) is 29.8 Å². The van der Waals surface area contributed by atoms with Crippen LogP contribution in [0, 0.1) is 0 Å². The van der Waals surface area contributed by atoms with Crippen LogP contribution in [0.4, 0.5) is 5.69 Å². The fourth-order valence-corrected chi connectivity index (χ4v) is 3.43. The molecule has 1 aromatic carbocycles. The molecule has 2 atom stereocenters. The summed E-state index contributed by atoms with van der Waals surface area (Å²) in [6, 6.07) is 7.28. The van der Waals surface area contributed by atoms with Crippen molar-refractivity contribution < 1.29 is 9.59 Å². The molecule has 0 aliphatic carbocycles. The van der Waals surface area contributed by atoms with Crippen LogP contribution in [0.15, 0.2) is 24.3 Å². The number of likely N-dealkylation sites (N-methyl/N-ethyl adjacent to an activating group) is 2. The zero-order valence-corrected chi connectivity index (χ0v) is 17.6. The van der Waals surface area contributed by atoms with Gasteiger partial charge >= 0.3 is 0 Å². The third-order valence-corrected chi connectivity index (χ3v) is 5.15. The van der Waals surface area contributed by atoms with Gasteiger partial charge in [0, 0.05) is 30.9 Å². The predicted octanol–water partition coefficient (Wildman–Crippen LogP) is 2.73. The molecule has 1 aromatic rings. The van der Waals surface area contributed by atoms with Crippen molar-refractivity contribution >= 4 is 29.9 Å². The van der Waals surface area contributed by atoms with Crippen LogP contribution >= 0.6 is 12.4 Å². The second-order valence-corrected chi connectivity index (χ2v) is 7.67. The van der Waals surface area contributed by atoms with Crippen molar-refractivity contribution in [3.8, 4) is 0 Å². The van der Waals surface area contributed by atoms with Gasteiger partial charge in [-0.3, -0.25) is 9.59 Å². The number of nitrogens with one attached hydrogen (secondary N) is 1. The maximum Gasteiger partial charge on any atom is 0.253 e. The van der Waals surface area contributed by atoms with Crippen LogP contribution < -0.4 is 11.1 Å². The topological polar surface area (TPSA) is 78.7 Å². The molecule has 1 saturated heterocycles. The highest BCUT2D eigenvalue weighted by Gasteiger charge is 2.28. The van der Waals surface area contributed by atoms with Crippen LogP contribution in [0.3, 0.4) is 0 Å². The Balaban J connectivity index is 0.00000364. The van der Waals surface area contributed by atoms with Crippen LogP contribution in [-0.2, 0) is 4.79 Å². The van der Waals surface area contributed by atoms with Crippen molar-refractivity contribution in [2.75, 3.05) is 32.5 Å².